The van der Waals surface area contributed by atoms with Gasteiger partial charge >= 0.3 is 0 Å². The van der Waals surface area contributed by atoms with Crippen molar-refractivity contribution in [1.82, 2.24) is 4.90 Å². The molecule has 0 spiro atoms. The Bertz CT molecular complexity index is 605. The Morgan fingerprint density at radius 2 is 1.91 bits per heavy atom. The molecule has 2 rings (SSSR count). The normalized spacial score (nSPS) is 15.5. The molecule has 1 heterocycles. The lowest BCUT2D eigenvalue weighted by Crippen LogP contribution is -2.47. The molecular weight excluding hydrogens is 301 g/mol. The maximum atomic E-state index is 13.5. The summed E-state index contributed by atoms with van der Waals surface area (Å²) < 4.78 is 19.2. The van der Waals surface area contributed by atoms with E-state index in [4.69, 9.17) is 4.74 Å². The summed E-state index contributed by atoms with van der Waals surface area (Å²) in [5.74, 6) is 0.111. The molecule has 1 fully saturated rings. The molecule has 0 unspecified atom stereocenters. The molecule has 0 aliphatic carbocycles. The van der Waals surface area contributed by atoms with Crippen molar-refractivity contribution in [3.05, 3.63) is 46.6 Å². The molecule has 7 heteroatoms. The number of hydrogen-bond acceptors (Lipinski definition) is 5. The third-order valence-corrected chi connectivity index (χ3v) is 3.53. The number of benzene rings is 1. The fraction of sp³-hybridized carbons (Fsp3) is 0.500. The molecule has 1 saturated heterocycles. The standard InChI is InChI=1S/C16H22FN3O3/c1-12(23-16(2,3)4)18-7-9-19(10-8-18)15-11-13(17)5-6-14(15)20(21)22/h5-6,11H,1,7-10H2,2-4H3. The van der Waals surface area contributed by atoms with E-state index in [0.29, 0.717) is 37.7 Å². The lowest BCUT2D eigenvalue weighted by molar-refractivity contribution is -0.384. The van der Waals surface area contributed by atoms with E-state index < -0.39 is 10.7 Å². The first-order valence-corrected chi connectivity index (χ1v) is 7.49. The number of piperazine rings is 1. The third kappa shape index (κ3) is 4.34. The third-order valence-electron chi connectivity index (χ3n) is 3.53. The van der Waals surface area contributed by atoms with Crippen LogP contribution in [0.5, 0.6) is 0 Å². The van der Waals surface area contributed by atoms with Crippen LogP contribution in [0.25, 0.3) is 0 Å². The quantitative estimate of drug-likeness (QED) is 0.484. The summed E-state index contributed by atoms with van der Waals surface area (Å²) >= 11 is 0. The van der Waals surface area contributed by atoms with Crippen molar-refractivity contribution >= 4 is 11.4 Å². The van der Waals surface area contributed by atoms with Crippen molar-refractivity contribution in [1.29, 1.82) is 0 Å². The van der Waals surface area contributed by atoms with Gasteiger partial charge in [0.15, 0.2) is 5.88 Å². The van der Waals surface area contributed by atoms with E-state index in [0.717, 1.165) is 6.07 Å². The van der Waals surface area contributed by atoms with Crippen LogP contribution < -0.4 is 4.90 Å². The second-order valence-corrected chi connectivity index (χ2v) is 6.47. The van der Waals surface area contributed by atoms with Crippen LogP contribution in [0.3, 0.4) is 0 Å². The summed E-state index contributed by atoms with van der Waals surface area (Å²) in [7, 11) is 0. The van der Waals surface area contributed by atoms with E-state index >= 15 is 0 Å². The molecular formula is C16H22FN3O3. The summed E-state index contributed by atoms with van der Waals surface area (Å²) in [5, 5.41) is 11.1. The summed E-state index contributed by atoms with van der Waals surface area (Å²) in [6, 6.07) is 3.53. The van der Waals surface area contributed by atoms with Crippen molar-refractivity contribution in [2.75, 3.05) is 31.1 Å². The lowest BCUT2D eigenvalue weighted by atomic mass is 10.2. The predicted octanol–water partition coefficient (Wildman–Crippen LogP) is 3.14. The van der Waals surface area contributed by atoms with Crippen molar-refractivity contribution in [2.45, 2.75) is 26.4 Å². The Morgan fingerprint density at radius 3 is 2.43 bits per heavy atom. The zero-order valence-corrected chi connectivity index (χ0v) is 13.7. The van der Waals surface area contributed by atoms with Crippen LogP contribution in [-0.2, 0) is 4.74 Å². The number of anilines is 1. The number of rotatable bonds is 4. The van der Waals surface area contributed by atoms with Crippen molar-refractivity contribution < 1.29 is 14.1 Å². The predicted molar refractivity (Wildman–Crippen MR) is 86.8 cm³/mol. The largest absolute Gasteiger partial charge is 0.474 e. The van der Waals surface area contributed by atoms with Gasteiger partial charge < -0.3 is 14.5 Å². The zero-order valence-electron chi connectivity index (χ0n) is 13.7. The van der Waals surface area contributed by atoms with Crippen LogP contribution in [0.4, 0.5) is 15.8 Å². The van der Waals surface area contributed by atoms with Gasteiger partial charge in [0, 0.05) is 38.3 Å². The molecule has 23 heavy (non-hydrogen) atoms. The molecule has 0 saturated carbocycles. The Morgan fingerprint density at radius 1 is 1.30 bits per heavy atom. The van der Waals surface area contributed by atoms with Gasteiger partial charge in [0.2, 0.25) is 0 Å². The van der Waals surface area contributed by atoms with Crippen LogP contribution in [0.15, 0.2) is 30.7 Å². The van der Waals surface area contributed by atoms with Crippen molar-refractivity contribution in [3.63, 3.8) is 0 Å². The molecule has 6 nitrogen and oxygen atoms in total. The maximum absolute atomic E-state index is 13.5. The van der Waals surface area contributed by atoms with Crippen LogP contribution >= 0.6 is 0 Å². The molecule has 1 aliphatic heterocycles. The number of hydrogen-bond donors (Lipinski definition) is 0. The second-order valence-electron chi connectivity index (χ2n) is 6.47. The van der Waals surface area contributed by atoms with Gasteiger partial charge in [-0.05, 0) is 33.4 Å². The molecule has 0 bridgehead atoms. The van der Waals surface area contributed by atoms with Gasteiger partial charge in [-0.25, -0.2) is 4.39 Å². The first kappa shape index (κ1) is 17.1. The molecule has 1 aromatic rings. The van der Waals surface area contributed by atoms with E-state index in [1.54, 1.807) is 0 Å². The molecule has 0 atom stereocenters. The summed E-state index contributed by atoms with van der Waals surface area (Å²) in [4.78, 5) is 14.4. The molecule has 0 N–H and O–H groups in total. The Labute approximate surface area is 135 Å². The Balaban J connectivity index is 2.06. The number of halogens is 1. The van der Waals surface area contributed by atoms with Gasteiger partial charge in [-0.1, -0.05) is 0 Å². The highest BCUT2D eigenvalue weighted by molar-refractivity contribution is 5.63. The topological polar surface area (TPSA) is 58.8 Å². The zero-order chi connectivity index (χ0) is 17.2. The molecule has 1 aliphatic rings. The average Bonchev–Trinajstić information content (AvgIpc) is 2.45. The van der Waals surface area contributed by atoms with Gasteiger partial charge in [0.25, 0.3) is 5.69 Å². The summed E-state index contributed by atoms with van der Waals surface area (Å²) in [5.41, 5.74) is -0.0862. The number of nitro groups is 1. The molecule has 1 aromatic carbocycles. The first-order chi connectivity index (χ1) is 10.7. The summed E-state index contributed by atoms with van der Waals surface area (Å²) in [6.07, 6.45) is 0. The van der Waals surface area contributed by atoms with Crippen LogP contribution in [-0.4, -0.2) is 41.6 Å². The van der Waals surface area contributed by atoms with Gasteiger partial charge in [-0.2, -0.15) is 0 Å². The van der Waals surface area contributed by atoms with Crippen LogP contribution in [0.1, 0.15) is 20.8 Å². The lowest BCUT2D eigenvalue weighted by Gasteiger charge is -2.39. The van der Waals surface area contributed by atoms with Gasteiger partial charge in [-0.15, -0.1) is 0 Å². The van der Waals surface area contributed by atoms with Crippen LogP contribution in [0.2, 0.25) is 0 Å². The first-order valence-electron chi connectivity index (χ1n) is 7.49. The van der Waals surface area contributed by atoms with Gasteiger partial charge in [0.05, 0.1) is 4.92 Å². The minimum absolute atomic E-state index is 0.0791. The number of nitro benzene ring substituents is 1. The monoisotopic (exact) mass is 323 g/mol. The highest BCUT2D eigenvalue weighted by Gasteiger charge is 2.26. The average molecular weight is 323 g/mol. The second kappa shape index (κ2) is 6.44. The SMILES string of the molecule is C=C(OC(C)(C)C)N1CCN(c2cc(F)ccc2[N+](=O)[O-])CC1. The molecule has 0 radical (unpaired) electrons. The number of ether oxygens (including phenoxy) is 1. The van der Waals surface area contributed by atoms with Crippen LogP contribution in [0, 0.1) is 15.9 Å². The van der Waals surface area contributed by atoms with E-state index in [9.17, 15) is 14.5 Å². The highest BCUT2D eigenvalue weighted by Crippen LogP contribution is 2.30. The van der Waals surface area contributed by atoms with E-state index in [2.05, 4.69) is 6.58 Å². The summed E-state index contributed by atoms with van der Waals surface area (Å²) in [6.45, 7) is 12.1. The van der Waals surface area contributed by atoms with E-state index in [1.807, 2.05) is 30.6 Å². The smallest absolute Gasteiger partial charge is 0.292 e. The molecule has 0 amide bonds. The van der Waals surface area contributed by atoms with Gasteiger partial charge in [0.1, 0.15) is 17.1 Å². The minimum Gasteiger partial charge on any atom is -0.474 e. The van der Waals surface area contributed by atoms with Crippen molar-refractivity contribution in [2.24, 2.45) is 0 Å². The maximum Gasteiger partial charge on any atom is 0.292 e. The Hall–Kier alpha value is -2.31. The van der Waals surface area contributed by atoms with Crippen molar-refractivity contribution in [3.8, 4) is 0 Å². The number of nitrogens with zero attached hydrogens (tertiary/aromatic N) is 3. The van der Waals surface area contributed by atoms with E-state index in [-0.39, 0.29) is 11.3 Å². The van der Waals surface area contributed by atoms with Gasteiger partial charge in [-0.3, -0.25) is 10.1 Å². The fourth-order valence-electron chi connectivity index (χ4n) is 2.52. The fourth-order valence-corrected chi connectivity index (χ4v) is 2.52. The highest BCUT2D eigenvalue weighted by atomic mass is 19.1. The minimum atomic E-state index is -0.483. The van der Waals surface area contributed by atoms with E-state index in [1.165, 1.54) is 12.1 Å². The Kier molecular flexibility index (Phi) is 4.77. The molecule has 126 valence electrons. The molecule has 0 aromatic heterocycles.